The third-order valence-electron chi connectivity index (χ3n) is 4.38. The molecule has 2 amide bonds. The van der Waals surface area contributed by atoms with Crippen LogP contribution in [0.25, 0.3) is 0 Å². The van der Waals surface area contributed by atoms with E-state index in [2.05, 4.69) is 0 Å². The van der Waals surface area contributed by atoms with E-state index in [1.165, 1.54) is 6.92 Å². The average molecular weight is 323 g/mol. The molecule has 2 aromatic rings. The predicted octanol–water partition coefficient (Wildman–Crippen LogP) is 2.68. The topological polar surface area (TPSA) is 74.7 Å². The number of aryl methyl sites for hydroxylation is 1. The highest BCUT2D eigenvalue weighted by Gasteiger charge is 2.50. The van der Waals surface area contributed by atoms with E-state index >= 15 is 0 Å². The molecule has 0 saturated heterocycles. The standard InChI is InChI=1S/C19H17NO4/c1-12-6-5-7-13(10-12)11-19(2,18(23)24)20-16(21)14-8-3-4-9-15(14)17(20)22/h3-10H,11H2,1-2H3,(H,23,24)/t19-/m0/s1. The van der Waals surface area contributed by atoms with E-state index < -0.39 is 23.3 Å². The molecule has 0 fully saturated rings. The van der Waals surface area contributed by atoms with Gasteiger partial charge in [-0.15, -0.1) is 0 Å². The van der Waals surface area contributed by atoms with Crippen LogP contribution in [0, 0.1) is 6.92 Å². The molecule has 2 aromatic carbocycles. The lowest BCUT2D eigenvalue weighted by Crippen LogP contribution is -2.56. The molecule has 0 radical (unpaired) electrons. The summed E-state index contributed by atoms with van der Waals surface area (Å²) in [6, 6.07) is 13.8. The van der Waals surface area contributed by atoms with Crippen molar-refractivity contribution in [1.82, 2.24) is 4.90 Å². The number of fused-ring (bicyclic) bond motifs is 1. The highest BCUT2D eigenvalue weighted by atomic mass is 16.4. The van der Waals surface area contributed by atoms with E-state index in [9.17, 15) is 19.5 Å². The molecular weight excluding hydrogens is 306 g/mol. The Morgan fingerprint density at radius 1 is 1.04 bits per heavy atom. The molecular formula is C19H17NO4. The quantitative estimate of drug-likeness (QED) is 0.878. The van der Waals surface area contributed by atoms with Crippen LogP contribution in [0.1, 0.15) is 38.8 Å². The molecule has 0 aromatic heterocycles. The van der Waals surface area contributed by atoms with Crippen LogP contribution in [0.3, 0.4) is 0 Å². The number of carbonyl (C=O) groups is 3. The van der Waals surface area contributed by atoms with Crippen molar-refractivity contribution in [1.29, 1.82) is 0 Å². The van der Waals surface area contributed by atoms with Gasteiger partial charge in [0.25, 0.3) is 11.8 Å². The normalized spacial score (nSPS) is 16.0. The first-order valence-electron chi connectivity index (χ1n) is 7.61. The summed E-state index contributed by atoms with van der Waals surface area (Å²) < 4.78 is 0. The van der Waals surface area contributed by atoms with Crippen LogP contribution in [0.15, 0.2) is 48.5 Å². The first-order chi connectivity index (χ1) is 11.3. The second kappa shape index (κ2) is 5.60. The van der Waals surface area contributed by atoms with Crippen molar-refractivity contribution in [3.05, 3.63) is 70.8 Å². The number of carboxylic acid groups (broad SMARTS) is 1. The number of nitrogens with zero attached hydrogens (tertiary/aromatic N) is 1. The van der Waals surface area contributed by atoms with E-state index in [1.807, 2.05) is 25.1 Å². The number of hydrogen-bond acceptors (Lipinski definition) is 3. The van der Waals surface area contributed by atoms with Gasteiger partial charge in [0.05, 0.1) is 11.1 Å². The lowest BCUT2D eigenvalue weighted by molar-refractivity contribution is -0.147. The summed E-state index contributed by atoms with van der Waals surface area (Å²) in [7, 11) is 0. The molecule has 24 heavy (non-hydrogen) atoms. The van der Waals surface area contributed by atoms with Crippen LogP contribution in [0.2, 0.25) is 0 Å². The maximum atomic E-state index is 12.7. The maximum absolute atomic E-state index is 12.7. The second-order valence-corrected chi connectivity index (χ2v) is 6.24. The van der Waals surface area contributed by atoms with Crippen molar-refractivity contribution >= 4 is 17.8 Å². The second-order valence-electron chi connectivity index (χ2n) is 6.24. The molecule has 5 heteroatoms. The molecule has 0 unspecified atom stereocenters. The number of rotatable bonds is 4. The molecule has 1 aliphatic heterocycles. The van der Waals surface area contributed by atoms with E-state index in [0.29, 0.717) is 0 Å². The molecule has 0 aliphatic carbocycles. The summed E-state index contributed by atoms with van der Waals surface area (Å²) in [4.78, 5) is 38.2. The highest BCUT2D eigenvalue weighted by molar-refractivity contribution is 6.23. The molecule has 0 spiro atoms. The molecule has 1 N–H and O–H groups in total. The van der Waals surface area contributed by atoms with Crippen molar-refractivity contribution in [3.8, 4) is 0 Å². The third kappa shape index (κ3) is 2.38. The van der Waals surface area contributed by atoms with Crippen molar-refractivity contribution in [3.63, 3.8) is 0 Å². The van der Waals surface area contributed by atoms with Gasteiger partial charge in [0.2, 0.25) is 0 Å². The first-order valence-corrected chi connectivity index (χ1v) is 7.61. The fourth-order valence-electron chi connectivity index (χ4n) is 3.11. The molecule has 5 nitrogen and oxygen atoms in total. The van der Waals surface area contributed by atoms with Crippen LogP contribution >= 0.6 is 0 Å². The summed E-state index contributed by atoms with van der Waals surface area (Å²) in [5.74, 6) is -2.33. The minimum Gasteiger partial charge on any atom is -0.479 e. The van der Waals surface area contributed by atoms with Gasteiger partial charge in [-0.1, -0.05) is 42.0 Å². The van der Waals surface area contributed by atoms with E-state index in [-0.39, 0.29) is 17.5 Å². The zero-order valence-corrected chi connectivity index (χ0v) is 13.4. The SMILES string of the molecule is Cc1cccc(C[C@@](C)(C(=O)O)N2C(=O)c3ccccc3C2=O)c1. The summed E-state index contributed by atoms with van der Waals surface area (Å²) in [5, 5.41) is 9.79. The number of amides is 2. The van der Waals surface area contributed by atoms with Gasteiger partial charge >= 0.3 is 5.97 Å². The average Bonchev–Trinajstić information content (AvgIpc) is 2.79. The number of hydrogen-bond donors (Lipinski definition) is 1. The van der Waals surface area contributed by atoms with Crippen molar-refractivity contribution < 1.29 is 19.5 Å². The smallest absolute Gasteiger partial charge is 0.330 e. The fourth-order valence-corrected chi connectivity index (χ4v) is 3.11. The summed E-state index contributed by atoms with van der Waals surface area (Å²) in [6.07, 6.45) is 0.0511. The molecule has 1 heterocycles. The van der Waals surface area contributed by atoms with Crippen LogP contribution < -0.4 is 0 Å². The Kier molecular flexibility index (Phi) is 3.72. The molecule has 122 valence electrons. The van der Waals surface area contributed by atoms with Crippen molar-refractivity contribution in [2.45, 2.75) is 25.8 Å². The summed E-state index contributed by atoms with van der Waals surface area (Å²) in [6.45, 7) is 3.32. The van der Waals surface area contributed by atoms with E-state index in [0.717, 1.165) is 16.0 Å². The van der Waals surface area contributed by atoms with Gasteiger partial charge in [-0.2, -0.15) is 0 Å². The zero-order valence-electron chi connectivity index (χ0n) is 13.4. The number of imide groups is 1. The van der Waals surface area contributed by atoms with Gasteiger partial charge in [0.15, 0.2) is 0 Å². The predicted molar refractivity (Wildman–Crippen MR) is 87.9 cm³/mol. The van der Waals surface area contributed by atoms with Crippen LogP contribution in [-0.2, 0) is 11.2 Å². The van der Waals surface area contributed by atoms with Gasteiger partial charge in [0, 0.05) is 6.42 Å². The van der Waals surface area contributed by atoms with Gasteiger partial charge in [-0.05, 0) is 31.5 Å². The monoisotopic (exact) mass is 323 g/mol. The summed E-state index contributed by atoms with van der Waals surface area (Å²) >= 11 is 0. The Morgan fingerprint density at radius 3 is 2.12 bits per heavy atom. The lowest BCUT2D eigenvalue weighted by atomic mass is 9.90. The largest absolute Gasteiger partial charge is 0.479 e. The maximum Gasteiger partial charge on any atom is 0.330 e. The molecule has 0 bridgehead atoms. The van der Waals surface area contributed by atoms with Crippen LogP contribution in [-0.4, -0.2) is 33.3 Å². The fraction of sp³-hybridized carbons (Fsp3) is 0.211. The Bertz CT molecular complexity index is 823. The number of carbonyl (C=O) groups excluding carboxylic acids is 2. The Hall–Kier alpha value is -2.95. The van der Waals surface area contributed by atoms with Gasteiger partial charge in [0.1, 0.15) is 5.54 Å². The Morgan fingerprint density at radius 2 is 1.62 bits per heavy atom. The van der Waals surface area contributed by atoms with Crippen molar-refractivity contribution in [2.75, 3.05) is 0 Å². The van der Waals surface area contributed by atoms with Crippen molar-refractivity contribution in [2.24, 2.45) is 0 Å². The van der Waals surface area contributed by atoms with Gasteiger partial charge in [-0.3, -0.25) is 14.5 Å². The first kappa shape index (κ1) is 15.9. The molecule has 1 aliphatic rings. The highest BCUT2D eigenvalue weighted by Crippen LogP contribution is 2.32. The number of aliphatic carboxylic acids is 1. The molecule has 0 saturated carbocycles. The lowest BCUT2D eigenvalue weighted by Gasteiger charge is -2.33. The molecule has 3 rings (SSSR count). The Labute approximate surface area is 139 Å². The van der Waals surface area contributed by atoms with Crippen LogP contribution in [0.4, 0.5) is 0 Å². The van der Waals surface area contributed by atoms with Crippen LogP contribution in [0.5, 0.6) is 0 Å². The molecule has 1 atom stereocenters. The minimum absolute atomic E-state index is 0.0511. The van der Waals surface area contributed by atoms with Gasteiger partial charge < -0.3 is 5.11 Å². The zero-order chi connectivity index (χ0) is 17.5. The van der Waals surface area contributed by atoms with E-state index in [1.54, 1.807) is 30.3 Å². The third-order valence-corrected chi connectivity index (χ3v) is 4.38. The summed E-state index contributed by atoms with van der Waals surface area (Å²) in [5.41, 5.74) is 0.596. The number of carboxylic acids is 1. The minimum atomic E-state index is -1.65. The van der Waals surface area contributed by atoms with E-state index in [4.69, 9.17) is 0 Å². The number of benzene rings is 2. The Balaban J connectivity index is 2.05. The van der Waals surface area contributed by atoms with Gasteiger partial charge in [-0.25, -0.2) is 4.79 Å².